The number of rotatable bonds is 5. The number of hydrogen-bond donors (Lipinski definition) is 0. The number of benzene rings is 1. The predicted octanol–water partition coefficient (Wildman–Crippen LogP) is 1.07. The Balaban J connectivity index is 1.31. The second kappa shape index (κ2) is 9.55. The quantitative estimate of drug-likeness (QED) is 0.702. The van der Waals surface area contributed by atoms with Gasteiger partial charge in [0.2, 0.25) is 11.8 Å². The Morgan fingerprint density at radius 1 is 0.903 bits per heavy atom. The number of nitrogens with zero attached hydrogens (tertiary/aromatic N) is 5. The molecule has 8 nitrogen and oxygen atoms in total. The van der Waals surface area contributed by atoms with E-state index in [0.717, 1.165) is 31.5 Å². The lowest BCUT2D eigenvalue weighted by Gasteiger charge is -2.35. The lowest BCUT2D eigenvalue weighted by molar-refractivity contribution is -0.132. The lowest BCUT2D eigenvalue weighted by Crippen LogP contribution is -2.53. The Morgan fingerprint density at radius 2 is 1.58 bits per heavy atom. The van der Waals surface area contributed by atoms with Crippen LogP contribution in [0.1, 0.15) is 31.2 Å². The van der Waals surface area contributed by atoms with Gasteiger partial charge in [0, 0.05) is 52.1 Å². The van der Waals surface area contributed by atoms with Crippen molar-refractivity contribution in [3.05, 3.63) is 35.6 Å². The predicted molar refractivity (Wildman–Crippen MR) is 112 cm³/mol. The van der Waals surface area contributed by atoms with Crippen molar-refractivity contribution in [2.75, 3.05) is 45.8 Å². The molecule has 3 aliphatic rings. The van der Waals surface area contributed by atoms with Gasteiger partial charge in [0.05, 0.1) is 13.1 Å². The van der Waals surface area contributed by atoms with Crippen LogP contribution >= 0.6 is 0 Å². The van der Waals surface area contributed by atoms with E-state index in [1.807, 2.05) is 4.90 Å². The summed E-state index contributed by atoms with van der Waals surface area (Å²) in [4.78, 5) is 43.3. The molecule has 3 amide bonds. The van der Waals surface area contributed by atoms with E-state index < -0.39 is 0 Å². The van der Waals surface area contributed by atoms with Gasteiger partial charge in [0.15, 0.2) is 0 Å². The van der Waals surface area contributed by atoms with E-state index in [4.69, 9.17) is 0 Å². The molecule has 2 fully saturated rings. The molecule has 3 aliphatic heterocycles. The zero-order valence-electron chi connectivity index (χ0n) is 17.6. The van der Waals surface area contributed by atoms with Crippen LogP contribution in [0.3, 0.4) is 0 Å². The molecule has 0 bridgehead atoms. The Bertz CT molecular complexity index is 858. The molecule has 0 atom stereocenters. The molecule has 1 aromatic carbocycles. The van der Waals surface area contributed by atoms with Crippen molar-refractivity contribution in [2.45, 2.75) is 32.2 Å². The Morgan fingerprint density at radius 3 is 2.26 bits per heavy atom. The minimum atomic E-state index is -0.339. The van der Waals surface area contributed by atoms with Gasteiger partial charge >= 0.3 is 0 Å². The van der Waals surface area contributed by atoms with Crippen molar-refractivity contribution in [1.29, 1.82) is 0 Å². The molecule has 1 aromatic rings. The molecule has 31 heavy (non-hydrogen) atoms. The molecular weight excluding hydrogens is 401 g/mol. The van der Waals surface area contributed by atoms with Crippen LogP contribution in [0.2, 0.25) is 0 Å². The number of amides is 3. The third-order valence-corrected chi connectivity index (χ3v) is 6.07. The Kier molecular flexibility index (Phi) is 6.60. The number of piperazine rings is 1. The average molecular weight is 429 g/mol. The van der Waals surface area contributed by atoms with E-state index in [2.05, 4.69) is 10.0 Å². The molecule has 0 radical (unpaired) electrons. The summed E-state index contributed by atoms with van der Waals surface area (Å²) >= 11 is 0. The van der Waals surface area contributed by atoms with E-state index >= 15 is 0 Å². The first kappa shape index (κ1) is 21.4. The Labute approximate surface area is 181 Å². The van der Waals surface area contributed by atoms with Gasteiger partial charge < -0.3 is 9.80 Å². The van der Waals surface area contributed by atoms with Crippen molar-refractivity contribution < 1.29 is 18.8 Å². The summed E-state index contributed by atoms with van der Waals surface area (Å²) in [6, 6.07) is 5.90. The summed E-state index contributed by atoms with van der Waals surface area (Å²) in [5.41, 5.74) is 1.13. The summed E-state index contributed by atoms with van der Waals surface area (Å²) < 4.78 is 13.1. The van der Waals surface area contributed by atoms with Gasteiger partial charge in [0.25, 0.3) is 5.91 Å². The van der Waals surface area contributed by atoms with Gasteiger partial charge in [0.1, 0.15) is 11.5 Å². The van der Waals surface area contributed by atoms with E-state index in [0.29, 0.717) is 44.9 Å². The van der Waals surface area contributed by atoms with Gasteiger partial charge in [-0.3, -0.25) is 19.3 Å². The van der Waals surface area contributed by atoms with E-state index in [9.17, 15) is 18.8 Å². The van der Waals surface area contributed by atoms with Crippen LogP contribution in [0.4, 0.5) is 4.39 Å². The lowest BCUT2D eigenvalue weighted by atomic mass is 10.1. The van der Waals surface area contributed by atoms with Crippen molar-refractivity contribution in [3.63, 3.8) is 0 Å². The van der Waals surface area contributed by atoms with Crippen molar-refractivity contribution in [3.8, 4) is 0 Å². The molecule has 2 saturated heterocycles. The molecule has 9 heteroatoms. The van der Waals surface area contributed by atoms with Crippen LogP contribution in [0.25, 0.3) is 0 Å². The maximum Gasteiger partial charge on any atom is 0.270 e. The maximum absolute atomic E-state index is 13.1. The summed E-state index contributed by atoms with van der Waals surface area (Å²) in [6.45, 7) is 4.70. The fourth-order valence-corrected chi connectivity index (χ4v) is 4.19. The SMILES string of the molecule is O=C(CN1CCN(C(=O)C2=NN(Cc3ccc(F)cc3)C(=O)CC2)CC1)N1CCCC1. The number of carbonyl (C=O) groups excluding carboxylic acids is 3. The van der Waals surface area contributed by atoms with Crippen LogP contribution < -0.4 is 0 Å². The van der Waals surface area contributed by atoms with Gasteiger partial charge in [-0.05, 0) is 30.5 Å². The number of carbonyl (C=O) groups is 3. The van der Waals surface area contributed by atoms with E-state index in [-0.39, 0.29) is 36.5 Å². The highest BCUT2D eigenvalue weighted by Crippen LogP contribution is 2.16. The summed E-state index contributed by atoms with van der Waals surface area (Å²) in [5.74, 6) is -0.466. The van der Waals surface area contributed by atoms with Crippen LogP contribution in [0.5, 0.6) is 0 Å². The molecule has 0 aromatic heterocycles. The maximum atomic E-state index is 13.1. The smallest absolute Gasteiger partial charge is 0.270 e. The van der Waals surface area contributed by atoms with Crippen LogP contribution in [-0.2, 0) is 20.9 Å². The summed E-state index contributed by atoms with van der Waals surface area (Å²) in [6.07, 6.45) is 2.72. The largest absolute Gasteiger partial charge is 0.342 e. The highest BCUT2D eigenvalue weighted by atomic mass is 19.1. The number of hydrazone groups is 1. The fraction of sp³-hybridized carbons (Fsp3) is 0.545. The first-order chi connectivity index (χ1) is 15.0. The third kappa shape index (κ3) is 5.28. The zero-order valence-corrected chi connectivity index (χ0v) is 17.6. The summed E-state index contributed by atoms with van der Waals surface area (Å²) in [5, 5.41) is 5.62. The van der Waals surface area contributed by atoms with Crippen molar-refractivity contribution in [2.24, 2.45) is 5.10 Å². The number of likely N-dealkylation sites (tertiary alicyclic amines) is 1. The second-order valence-corrected chi connectivity index (χ2v) is 8.28. The fourth-order valence-electron chi connectivity index (χ4n) is 4.19. The topological polar surface area (TPSA) is 76.5 Å². The number of hydrogen-bond acceptors (Lipinski definition) is 5. The Hall–Kier alpha value is -2.81. The van der Waals surface area contributed by atoms with Gasteiger partial charge in [-0.25, -0.2) is 9.40 Å². The van der Waals surface area contributed by atoms with Crippen molar-refractivity contribution >= 4 is 23.4 Å². The normalized spacial score (nSPS) is 20.2. The monoisotopic (exact) mass is 429 g/mol. The molecular formula is C22H28FN5O3. The summed E-state index contributed by atoms with van der Waals surface area (Å²) in [7, 11) is 0. The highest BCUT2D eigenvalue weighted by Gasteiger charge is 2.30. The zero-order chi connectivity index (χ0) is 21.8. The molecule has 166 valence electrons. The minimum Gasteiger partial charge on any atom is -0.342 e. The highest BCUT2D eigenvalue weighted by molar-refractivity contribution is 6.39. The standard InChI is InChI=1S/C22H28FN5O3/c23-18-5-3-17(4-6-18)15-28-20(29)8-7-19(24-28)22(31)27-13-11-25(12-14-27)16-21(30)26-9-1-2-10-26/h3-6H,1-2,7-16H2. The molecule has 3 heterocycles. The van der Waals surface area contributed by atoms with Crippen LogP contribution in [-0.4, -0.2) is 89.0 Å². The van der Waals surface area contributed by atoms with Crippen LogP contribution in [0, 0.1) is 5.82 Å². The molecule has 0 saturated carbocycles. The third-order valence-electron chi connectivity index (χ3n) is 6.07. The molecule has 0 aliphatic carbocycles. The second-order valence-electron chi connectivity index (χ2n) is 8.28. The molecule has 0 spiro atoms. The van der Waals surface area contributed by atoms with Gasteiger partial charge in [-0.15, -0.1) is 0 Å². The van der Waals surface area contributed by atoms with Crippen molar-refractivity contribution in [1.82, 2.24) is 19.7 Å². The van der Waals surface area contributed by atoms with E-state index in [1.165, 1.54) is 17.1 Å². The average Bonchev–Trinajstić information content (AvgIpc) is 3.32. The van der Waals surface area contributed by atoms with E-state index in [1.54, 1.807) is 17.0 Å². The number of halogens is 1. The first-order valence-corrected chi connectivity index (χ1v) is 10.9. The van der Waals surface area contributed by atoms with Crippen LogP contribution in [0.15, 0.2) is 29.4 Å². The molecule has 0 unspecified atom stereocenters. The molecule has 4 rings (SSSR count). The first-order valence-electron chi connectivity index (χ1n) is 10.9. The minimum absolute atomic E-state index is 0.147. The molecule has 0 N–H and O–H groups in total. The van der Waals surface area contributed by atoms with Gasteiger partial charge in [-0.2, -0.15) is 5.10 Å². The van der Waals surface area contributed by atoms with Gasteiger partial charge in [-0.1, -0.05) is 12.1 Å².